The van der Waals surface area contributed by atoms with Gasteiger partial charge in [0.25, 0.3) is 11.8 Å². The van der Waals surface area contributed by atoms with E-state index in [1.807, 2.05) is 0 Å². The molecular formula is C28H21FN2O5. The lowest BCUT2D eigenvalue weighted by Crippen LogP contribution is -2.38. The molecule has 0 bridgehead atoms. The van der Waals surface area contributed by atoms with Gasteiger partial charge >= 0.3 is 5.97 Å². The molecule has 1 aliphatic heterocycles. The minimum absolute atomic E-state index is 0.0836. The number of hydrogen-bond acceptors (Lipinski definition) is 4. The minimum Gasteiger partial charge on any atom is -0.478 e. The number of halogens is 1. The van der Waals surface area contributed by atoms with Crippen LogP contribution >= 0.6 is 0 Å². The second-order valence-electron chi connectivity index (χ2n) is 8.43. The highest BCUT2D eigenvalue weighted by Crippen LogP contribution is 2.40. The summed E-state index contributed by atoms with van der Waals surface area (Å²) in [5, 5.41) is 24.1. The average molecular weight is 484 g/mol. The zero-order valence-corrected chi connectivity index (χ0v) is 18.9. The zero-order valence-electron chi connectivity index (χ0n) is 18.9. The third kappa shape index (κ3) is 3.97. The summed E-state index contributed by atoms with van der Waals surface area (Å²) < 4.78 is 13.1. The lowest BCUT2D eigenvalue weighted by molar-refractivity contribution is 0.0697. The van der Waals surface area contributed by atoms with Crippen molar-refractivity contribution in [2.45, 2.75) is 12.6 Å². The summed E-state index contributed by atoms with van der Waals surface area (Å²) in [5.41, 5.74) is 1.77. The van der Waals surface area contributed by atoms with E-state index >= 15 is 0 Å². The van der Waals surface area contributed by atoms with E-state index in [-0.39, 0.29) is 39.8 Å². The monoisotopic (exact) mass is 484 g/mol. The molecule has 0 radical (unpaired) electrons. The van der Waals surface area contributed by atoms with Gasteiger partial charge in [-0.15, -0.1) is 0 Å². The first kappa shape index (κ1) is 23.2. The van der Waals surface area contributed by atoms with E-state index in [0.29, 0.717) is 17.7 Å². The van der Waals surface area contributed by atoms with Gasteiger partial charge in [-0.3, -0.25) is 14.5 Å². The number of rotatable bonds is 6. The number of para-hydroxylation sites is 1. The SMILES string of the molecule is O=C(O)c1ccc2c3c(ccc(C(=O)NCCc4ccc(F)cc4)c13)C(O)N(c1ccccc1)C2=O. The summed E-state index contributed by atoms with van der Waals surface area (Å²) in [5.74, 6) is -2.63. The maximum atomic E-state index is 13.4. The zero-order chi connectivity index (χ0) is 25.4. The number of anilines is 1. The lowest BCUT2D eigenvalue weighted by atomic mass is 9.87. The molecule has 2 amide bonds. The number of carbonyl (C=O) groups excluding carboxylic acids is 2. The highest BCUT2D eigenvalue weighted by Gasteiger charge is 2.36. The molecule has 1 unspecified atom stereocenters. The largest absolute Gasteiger partial charge is 0.478 e. The second kappa shape index (κ2) is 9.24. The van der Waals surface area contributed by atoms with Gasteiger partial charge in [0.1, 0.15) is 5.82 Å². The van der Waals surface area contributed by atoms with Crippen LogP contribution in [0.15, 0.2) is 78.9 Å². The summed E-state index contributed by atoms with van der Waals surface area (Å²) >= 11 is 0. The molecule has 180 valence electrons. The minimum atomic E-state index is -1.37. The van der Waals surface area contributed by atoms with Gasteiger partial charge in [-0.1, -0.05) is 36.4 Å². The lowest BCUT2D eigenvalue weighted by Gasteiger charge is -2.34. The quantitative estimate of drug-likeness (QED) is 0.378. The number of carboxylic acid groups (broad SMARTS) is 1. The van der Waals surface area contributed by atoms with Crippen LogP contribution in [0.4, 0.5) is 10.1 Å². The fourth-order valence-corrected chi connectivity index (χ4v) is 4.58. The molecule has 1 aliphatic rings. The van der Waals surface area contributed by atoms with Crippen molar-refractivity contribution < 1.29 is 29.0 Å². The summed E-state index contributed by atoms with van der Waals surface area (Å²) in [6.07, 6.45) is -0.919. The van der Waals surface area contributed by atoms with Crippen molar-refractivity contribution in [1.82, 2.24) is 5.32 Å². The van der Waals surface area contributed by atoms with Crippen LogP contribution in [-0.4, -0.2) is 34.5 Å². The molecule has 0 saturated carbocycles. The number of benzene rings is 4. The first-order chi connectivity index (χ1) is 17.4. The third-order valence-electron chi connectivity index (χ3n) is 6.29. The summed E-state index contributed by atoms with van der Waals surface area (Å²) in [6.45, 7) is 0.235. The van der Waals surface area contributed by atoms with E-state index in [4.69, 9.17) is 0 Å². The molecule has 36 heavy (non-hydrogen) atoms. The molecule has 0 spiro atoms. The Bertz CT molecular complexity index is 1500. The fourth-order valence-electron chi connectivity index (χ4n) is 4.58. The highest BCUT2D eigenvalue weighted by atomic mass is 19.1. The first-order valence-corrected chi connectivity index (χ1v) is 11.3. The number of amides is 2. The Hall–Kier alpha value is -4.56. The van der Waals surface area contributed by atoms with Gasteiger partial charge in [0.15, 0.2) is 6.23 Å². The third-order valence-corrected chi connectivity index (χ3v) is 6.29. The van der Waals surface area contributed by atoms with E-state index in [9.17, 15) is 29.0 Å². The molecular weight excluding hydrogens is 463 g/mol. The molecule has 4 aromatic carbocycles. The molecule has 0 aliphatic carbocycles. The topological polar surface area (TPSA) is 107 Å². The number of aliphatic hydroxyl groups is 1. The molecule has 4 aromatic rings. The van der Waals surface area contributed by atoms with Crippen molar-refractivity contribution >= 4 is 34.2 Å². The van der Waals surface area contributed by atoms with Gasteiger partial charge in [-0.05, 0) is 54.4 Å². The van der Waals surface area contributed by atoms with Crippen molar-refractivity contribution in [3.63, 3.8) is 0 Å². The predicted octanol–water partition coefficient (Wildman–Crippen LogP) is 4.30. The number of aliphatic hydroxyl groups excluding tert-OH is 1. The Morgan fingerprint density at radius 3 is 2.28 bits per heavy atom. The van der Waals surface area contributed by atoms with Crippen LogP contribution in [0.1, 0.15) is 48.4 Å². The Kier molecular flexibility index (Phi) is 5.95. The van der Waals surface area contributed by atoms with Crippen LogP contribution in [0.3, 0.4) is 0 Å². The van der Waals surface area contributed by atoms with Gasteiger partial charge in [-0.25, -0.2) is 9.18 Å². The molecule has 5 rings (SSSR count). The van der Waals surface area contributed by atoms with Crippen LogP contribution in [0.5, 0.6) is 0 Å². The van der Waals surface area contributed by atoms with Crippen molar-refractivity contribution in [3.05, 3.63) is 112 Å². The van der Waals surface area contributed by atoms with Crippen molar-refractivity contribution in [2.24, 2.45) is 0 Å². The number of nitrogens with one attached hydrogen (secondary N) is 1. The number of carboxylic acids is 1. The number of carbonyl (C=O) groups is 3. The van der Waals surface area contributed by atoms with E-state index in [0.717, 1.165) is 5.56 Å². The Morgan fingerprint density at radius 1 is 0.889 bits per heavy atom. The van der Waals surface area contributed by atoms with Gasteiger partial charge in [0, 0.05) is 39.7 Å². The summed E-state index contributed by atoms with van der Waals surface area (Å²) in [4.78, 5) is 39.9. The van der Waals surface area contributed by atoms with Crippen LogP contribution in [0, 0.1) is 5.82 Å². The van der Waals surface area contributed by atoms with Crippen molar-refractivity contribution in [1.29, 1.82) is 0 Å². The van der Waals surface area contributed by atoms with Crippen LogP contribution < -0.4 is 10.2 Å². The molecule has 0 saturated heterocycles. The van der Waals surface area contributed by atoms with Gasteiger partial charge < -0.3 is 15.5 Å². The van der Waals surface area contributed by atoms with E-state index < -0.39 is 24.0 Å². The molecule has 7 nitrogen and oxygen atoms in total. The number of aromatic carboxylic acids is 1. The second-order valence-corrected chi connectivity index (χ2v) is 8.43. The Balaban J connectivity index is 1.55. The van der Waals surface area contributed by atoms with E-state index in [1.165, 1.54) is 35.2 Å². The average Bonchev–Trinajstić information content (AvgIpc) is 2.88. The van der Waals surface area contributed by atoms with Crippen LogP contribution in [-0.2, 0) is 6.42 Å². The molecule has 0 fully saturated rings. The normalized spacial score (nSPS) is 14.7. The smallest absolute Gasteiger partial charge is 0.336 e. The molecule has 0 aromatic heterocycles. The van der Waals surface area contributed by atoms with E-state index in [2.05, 4.69) is 5.32 Å². The van der Waals surface area contributed by atoms with Crippen molar-refractivity contribution in [2.75, 3.05) is 11.4 Å². The number of hydrogen-bond donors (Lipinski definition) is 3. The van der Waals surface area contributed by atoms with Crippen molar-refractivity contribution in [3.8, 4) is 0 Å². The van der Waals surface area contributed by atoms with Crippen LogP contribution in [0.25, 0.3) is 10.8 Å². The summed E-state index contributed by atoms with van der Waals surface area (Å²) in [6, 6.07) is 20.3. The maximum absolute atomic E-state index is 13.4. The first-order valence-electron chi connectivity index (χ1n) is 11.3. The standard InChI is InChI=1S/C28H21FN2O5/c29-17-8-6-16(7-9-17)14-15-30-25(32)19-10-11-20-24-21(12-13-22(23(19)24)28(35)36)27(34)31(26(20)33)18-4-2-1-3-5-18/h1-13,26,33H,14-15H2,(H,30,32)(H,35,36). The molecule has 3 N–H and O–H groups in total. The van der Waals surface area contributed by atoms with E-state index in [1.54, 1.807) is 48.5 Å². The molecule has 1 atom stereocenters. The molecule has 8 heteroatoms. The highest BCUT2D eigenvalue weighted by molar-refractivity contribution is 6.24. The molecule has 1 heterocycles. The van der Waals surface area contributed by atoms with Gasteiger partial charge in [0.2, 0.25) is 0 Å². The number of nitrogens with zero attached hydrogens (tertiary/aromatic N) is 1. The Morgan fingerprint density at radius 2 is 1.58 bits per heavy atom. The predicted molar refractivity (Wildman–Crippen MR) is 132 cm³/mol. The van der Waals surface area contributed by atoms with Gasteiger partial charge in [-0.2, -0.15) is 0 Å². The Labute approximate surface area is 205 Å². The van der Waals surface area contributed by atoms with Crippen LogP contribution in [0.2, 0.25) is 0 Å². The maximum Gasteiger partial charge on any atom is 0.336 e. The van der Waals surface area contributed by atoms with Gasteiger partial charge in [0.05, 0.1) is 5.56 Å². The summed E-state index contributed by atoms with van der Waals surface area (Å²) in [7, 11) is 0. The fraction of sp³-hybridized carbons (Fsp3) is 0.107.